The number of nitrogens with zero attached hydrogens (tertiary/aromatic N) is 2. The minimum absolute atomic E-state index is 0.00527. The molecule has 2 aliphatic heterocycles. The average molecular weight is 494 g/mol. The van der Waals surface area contributed by atoms with Gasteiger partial charge in [-0.25, -0.2) is 0 Å². The van der Waals surface area contributed by atoms with Crippen LogP contribution in [0.3, 0.4) is 0 Å². The SMILES string of the molecule is COc1ccc(CCNC(=O)C(C2CCCC2)N2CCN(C(=O)c3ccc4c(c3)OCO4)CC2)cc1. The first-order valence-electron chi connectivity index (χ1n) is 13.0. The summed E-state index contributed by atoms with van der Waals surface area (Å²) in [5, 5.41) is 3.20. The van der Waals surface area contributed by atoms with E-state index >= 15 is 0 Å². The first-order valence-corrected chi connectivity index (χ1v) is 13.0. The summed E-state index contributed by atoms with van der Waals surface area (Å²) in [4.78, 5) is 30.7. The van der Waals surface area contributed by atoms with Gasteiger partial charge in [-0.15, -0.1) is 0 Å². The van der Waals surface area contributed by atoms with E-state index in [9.17, 15) is 9.59 Å². The average Bonchev–Trinajstić information content (AvgIpc) is 3.61. The van der Waals surface area contributed by atoms with E-state index in [-0.39, 0.29) is 24.6 Å². The van der Waals surface area contributed by atoms with Crippen LogP contribution in [-0.2, 0) is 11.2 Å². The lowest BCUT2D eigenvalue weighted by molar-refractivity contribution is -0.129. The van der Waals surface area contributed by atoms with Gasteiger partial charge in [0.15, 0.2) is 11.5 Å². The smallest absolute Gasteiger partial charge is 0.254 e. The van der Waals surface area contributed by atoms with E-state index in [4.69, 9.17) is 14.2 Å². The summed E-state index contributed by atoms with van der Waals surface area (Å²) < 4.78 is 16.0. The highest BCUT2D eigenvalue weighted by atomic mass is 16.7. The number of rotatable bonds is 8. The summed E-state index contributed by atoms with van der Waals surface area (Å²) in [6.45, 7) is 3.41. The number of fused-ring (bicyclic) bond motifs is 1. The molecule has 1 saturated heterocycles. The molecule has 1 N–H and O–H groups in total. The van der Waals surface area contributed by atoms with E-state index in [0.717, 1.165) is 25.0 Å². The summed E-state index contributed by atoms with van der Waals surface area (Å²) in [5.41, 5.74) is 1.78. The highest BCUT2D eigenvalue weighted by Crippen LogP contribution is 2.33. The maximum Gasteiger partial charge on any atom is 0.254 e. The molecule has 2 aromatic rings. The Morgan fingerprint density at radius 1 is 1.00 bits per heavy atom. The predicted octanol–water partition coefficient (Wildman–Crippen LogP) is 3.10. The monoisotopic (exact) mass is 493 g/mol. The van der Waals surface area contributed by atoms with Gasteiger partial charge in [-0.05, 0) is 61.1 Å². The largest absolute Gasteiger partial charge is 0.497 e. The third kappa shape index (κ3) is 5.43. The molecule has 1 saturated carbocycles. The van der Waals surface area contributed by atoms with Crippen LogP contribution in [-0.4, -0.2) is 74.3 Å². The van der Waals surface area contributed by atoms with Crippen LogP contribution in [0.25, 0.3) is 0 Å². The molecule has 0 aromatic heterocycles. The summed E-state index contributed by atoms with van der Waals surface area (Å²) in [6.07, 6.45) is 5.33. The zero-order valence-electron chi connectivity index (χ0n) is 20.9. The number of methoxy groups -OCH3 is 1. The first-order chi connectivity index (χ1) is 17.6. The second kappa shape index (κ2) is 11.2. The Morgan fingerprint density at radius 3 is 2.44 bits per heavy atom. The second-order valence-electron chi connectivity index (χ2n) is 9.77. The van der Waals surface area contributed by atoms with E-state index in [2.05, 4.69) is 10.2 Å². The summed E-state index contributed by atoms with van der Waals surface area (Å²) in [6, 6.07) is 13.2. The number of amides is 2. The van der Waals surface area contributed by atoms with Crippen molar-refractivity contribution in [2.75, 3.05) is 46.6 Å². The zero-order chi connectivity index (χ0) is 24.9. The normalized spacial score (nSPS) is 18.8. The van der Waals surface area contributed by atoms with Crippen molar-refractivity contribution in [3.63, 3.8) is 0 Å². The van der Waals surface area contributed by atoms with Crippen LogP contribution in [0.15, 0.2) is 42.5 Å². The molecule has 0 spiro atoms. The molecule has 0 radical (unpaired) electrons. The van der Waals surface area contributed by atoms with Crippen molar-refractivity contribution in [2.24, 2.45) is 5.92 Å². The maximum atomic E-state index is 13.4. The number of carbonyl (C=O) groups excluding carboxylic acids is 2. The minimum atomic E-state index is -0.133. The van der Waals surface area contributed by atoms with Gasteiger partial charge in [0.25, 0.3) is 5.91 Å². The second-order valence-corrected chi connectivity index (χ2v) is 9.77. The molecular weight excluding hydrogens is 458 g/mol. The van der Waals surface area contributed by atoms with Crippen LogP contribution < -0.4 is 19.5 Å². The van der Waals surface area contributed by atoms with Crippen molar-refractivity contribution in [1.29, 1.82) is 0 Å². The Bertz CT molecular complexity index is 1060. The number of ether oxygens (including phenoxy) is 3. The van der Waals surface area contributed by atoms with E-state index in [1.54, 1.807) is 25.3 Å². The van der Waals surface area contributed by atoms with Gasteiger partial charge in [-0.1, -0.05) is 25.0 Å². The number of piperazine rings is 1. The molecule has 8 nitrogen and oxygen atoms in total. The fourth-order valence-corrected chi connectivity index (χ4v) is 5.59. The third-order valence-corrected chi connectivity index (χ3v) is 7.60. The van der Waals surface area contributed by atoms with Crippen LogP contribution >= 0.6 is 0 Å². The highest BCUT2D eigenvalue weighted by Gasteiger charge is 2.37. The van der Waals surface area contributed by atoms with E-state index in [0.29, 0.717) is 55.7 Å². The minimum Gasteiger partial charge on any atom is -0.497 e. The summed E-state index contributed by atoms with van der Waals surface area (Å²) in [5.74, 6) is 2.61. The van der Waals surface area contributed by atoms with Gasteiger partial charge in [0.05, 0.1) is 13.2 Å². The van der Waals surface area contributed by atoms with Gasteiger partial charge in [0.1, 0.15) is 5.75 Å². The molecule has 1 unspecified atom stereocenters. The molecule has 2 fully saturated rings. The molecule has 2 heterocycles. The molecule has 3 aliphatic rings. The van der Waals surface area contributed by atoms with Crippen molar-refractivity contribution in [1.82, 2.24) is 15.1 Å². The molecular formula is C28H35N3O5. The molecule has 5 rings (SSSR count). The maximum absolute atomic E-state index is 13.4. The molecule has 2 amide bonds. The fraction of sp³-hybridized carbons (Fsp3) is 0.500. The van der Waals surface area contributed by atoms with Gasteiger partial charge in [0.2, 0.25) is 12.7 Å². The lowest BCUT2D eigenvalue weighted by Gasteiger charge is -2.40. The van der Waals surface area contributed by atoms with Crippen LogP contribution in [0.5, 0.6) is 17.2 Å². The quantitative estimate of drug-likeness (QED) is 0.609. The van der Waals surface area contributed by atoms with Crippen molar-refractivity contribution in [2.45, 2.75) is 38.1 Å². The van der Waals surface area contributed by atoms with Gasteiger partial charge in [-0.2, -0.15) is 0 Å². The molecule has 192 valence electrons. The van der Waals surface area contributed by atoms with Crippen molar-refractivity contribution in [3.8, 4) is 17.2 Å². The first kappa shape index (κ1) is 24.4. The number of carbonyl (C=O) groups is 2. The standard InChI is InChI=1S/C28H35N3O5/c1-34-23-9-6-20(7-10-23)12-13-29-27(32)26(21-4-2-3-5-21)30-14-16-31(17-15-30)28(33)22-8-11-24-25(18-22)36-19-35-24/h6-11,18,21,26H,2-5,12-17,19H2,1H3,(H,29,32). The number of hydrogen-bond acceptors (Lipinski definition) is 6. The van der Waals surface area contributed by atoms with E-state index in [1.807, 2.05) is 29.2 Å². The zero-order valence-corrected chi connectivity index (χ0v) is 20.9. The van der Waals surface area contributed by atoms with E-state index in [1.165, 1.54) is 18.4 Å². The van der Waals surface area contributed by atoms with Gasteiger partial charge >= 0.3 is 0 Å². The number of hydrogen-bond donors (Lipinski definition) is 1. The van der Waals surface area contributed by atoms with Crippen LogP contribution in [0.4, 0.5) is 0 Å². The van der Waals surface area contributed by atoms with Crippen LogP contribution in [0, 0.1) is 5.92 Å². The van der Waals surface area contributed by atoms with Gasteiger partial charge < -0.3 is 24.4 Å². The lowest BCUT2D eigenvalue weighted by atomic mass is 9.94. The van der Waals surface area contributed by atoms with E-state index < -0.39 is 0 Å². The number of nitrogens with one attached hydrogen (secondary N) is 1. The van der Waals surface area contributed by atoms with Crippen LogP contribution in [0.1, 0.15) is 41.6 Å². The molecule has 1 atom stereocenters. The van der Waals surface area contributed by atoms with Crippen LogP contribution in [0.2, 0.25) is 0 Å². The Balaban J connectivity index is 1.17. The van der Waals surface area contributed by atoms with Gasteiger partial charge in [-0.3, -0.25) is 14.5 Å². The molecule has 8 heteroatoms. The Hall–Kier alpha value is -3.26. The molecule has 1 aliphatic carbocycles. The van der Waals surface area contributed by atoms with Crippen molar-refractivity contribution < 1.29 is 23.8 Å². The molecule has 0 bridgehead atoms. The van der Waals surface area contributed by atoms with Crippen molar-refractivity contribution in [3.05, 3.63) is 53.6 Å². The fourth-order valence-electron chi connectivity index (χ4n) is 5.59. The van der Waals surface area contributed by atoms with Gasteiger partial charge in [0, 0.05) is 38.3 Å². The Morgan fingerprint density at radius 2 is 1.72 bits per heavy atom. The highest BCUT2D eigenvalue weighted by molar-refractivity contribution is 5.95. The Labute approximate surface area is 212 Å². The summed E-state index contributed by atoms with van der Waals surface area (Å²) >= 11 is 0. The summed E-state index contributed by atoms with van der Waals surface area (Å²) in [7, 11) is 1.66. The lowest BCUT2D eigenvalue weighted by Crippen LogP contribution is -2.58. The Kier molecular flexibility index (Phi) is 7.60. The topological polar surface area (TPSA) is 80.3 Å². The van der Waals surface area contributed by atoms with Crippen molar-refractivity contribution >= 4 is 11.8 Å². The molecule has 2 aromatic carbocycles. The molecule has 36 heavy (non-hydrogen) atoms. The third-order valence-electron chi connectivity index (χ3n) is 7.60. The predicted molar refractivity (Wildman–Crippen MR) is 135 cm³/mol. The number of benzene rings is 2.